The zero-order valence-corrected chi connectivity index (χ0v) is 8.41. The summed E-state index contributed by atoms with van der Waals surface area (Å²) in [6.07, 6.45) is 0. The Hall–Kier alpha value is -1.82. The van der Waals surface area contributed by atoms with Gasteiger partial charge in [-0.05, 0) is 6.07 Å². The molecule has 0 heterocycles. The highest BCUT2D eigenvalue weighted by Crippen LogP contribution is 2.32. The molecular weight excluding hydrogens is 224 g/mol. The fourth-order valence-electron chi connectivity index (χ4n) is 1.03. The maximum Gasteiger partial charge on any atom is 0.313 e. The number of nitrogens with zero attached hydrogens (tertiary/aromatic N) is 1. The molecule has 0 aliphatic heterocycles. The number of carbonyl (C=O) groups excluding carboxylic acids is 1. The molecule has 0 saturated heterocycles. The molecule has 15 heavy (non-hydrogen) atoms. The Labute approximate surface area is 89.6 Å². The van der Waals surface area contributed by atoms with Crippen molar-refractivity contribution in [3.8, 4) is 5.75 Å². The summed E-state index contributed by atoms with van der Waals surface area (Å²) in [6, 6.07) is 2.13. The van der Waals surface area contributed by atoms with Gasteiger partial charge in [-0.3, -0.25) is 14.9 Å². The van der Waals surface area contributed by atoms with Crippen molar-refractivity contribution in [2.45, 2.75) is 0 Å². The molecule has 0 fully saturated rings. The monoisotopic (exact) mass is 230 g/mol. The largest absolute Gasteiger partial charge is 0.502 e. The second-order valence-electron chi connectivity index (χ2n) is 2.66. The molecule has 1 amide bonds. The summed E-state index contributed by atoms with van der Waals surface area (Å²) in [7, 11) is 1.34. The van der Waals surface area contributed by atoms with Crippen LogP contribution < -0.4 is 5.32 Å². The van der Waals surface area contributed by atoms with Crippen molar-refractivity contribution in [1.82, 2.24) is 5.32 Å². The van der Waals surface area contributed by atoms with Gasteiger partial charge in [0.1, 0.15) is 0 Å². The van der Waals surface area contributed by atoms with Gasteiger partial charge in [0.25, 0.3) is 5.91 Å². The number of hydrogen-bond acceptors (Lipinski definition) is 4. The van der Waals surface area contributed by atoms with Gasteiger partial charge in [-0.15, -0.1) is 0 Å². The number of phenols is 1. The van der Waals surface area contributed by atoms with Crippen LogP contribution in [0.3, 0.4) is 0 Å². The number of rotatable bonds is 2. The van der Waals surface area contributed by atoms with E-state index < -0.39 is 22.3 Å². The predicted octanol–water partition coefficient (Wildman–Crippen LogP) is 1.31. The van der Waals surface area contributed by atoms with Crippen molar-refractivity contribution in [3.05, 3.63) is 32.8 Å². The number of phenolic OH excluding ortho intramolecular Hbond substituents is 1. The van der Waals surface area contributed by atoms with E-state index in [0.29, 0.717) is 0 Å². The number of benzene rings is 1. The Morgan fingerprint density at radius 3 is 2.67 bits per heavy atom. The van der Waals surface area contributed by atoms with Crippen LogP contribution in [0.2, 0.25) is 5.02 Å². The van der Waals surface area contributed by atoms with Crippen molar-refractivity contribution in [1.29, 1.82) is 0 Å². The second kappa shape index (κ2) is 4.14. The van der Waals surface area contributed by atoms with E-state index in [-0.39, 0.29) is 10.6 Å². The molecule has 0 atom stereocenters. The van der Waals surface area contributed by atoms with Crippen molar-refractivity contribution < 1.29 is 14.8 Å². The number of carbonyl (C=O) groups is 1. The minimum atomic E-state index is -0.812. The predicted molar refractivity (Wildman–Crippen MR) is 53.2 cm³/mol. The summed E-state index contributed by atoms with van der Waals surface area (Å²) in [5.74, 6) is -1.33. The van der Waals surface area contributed by atoms with Gasteiger partial charge in [0, 0.05) is 18.1 Å². The number of halogens is 1. The highest BCUT2D eigenvalue weighted by Gasteiger charge is 2.22. The van der Waals surface area contributed by atoms with Crippen LogP contribution in [0.1, 0.15) is 10.4 Å². The molecule has 0 saturated carbocycles. The quantitative estimate of drug-likeness (QED) is 0.592. The summed E-state index contributed by atoms with van der Waals surface area (Å²) in [6.45, 7) is 0. The van der Waals surface area contributed by atoms with Gasteiger partial charge in [0.2, 0.25) is 5.75 Å². The maximum absolute atomic E-state index is 11.2. The van der Waals surface area contributed by atoms with E-state index in [0.717, 1.165) is 12.1 Å². The molecule has 1 rings (SSSR count). The number of amides is 1. The smallest absolute Gasteiger partial charge is 0.313 e. The van der Waals surface area contributed by atoms with Gasteiger partial charge in [-0.2, -0.15) is 0 Å². The zero-order chi connectivity index (χ0) is 11.6. The van der Waals surface area contributed by atoms with E-state index in [2.05, 4.69) is 5.32 Å². The summed E-state index contributed by atoms with van der Waals surface area (Å²) in [5.41, 5.74) is -0.821. The Bertz CT molecular complexity index is 433. The highest BCUT2D eigenvalue weighted by molar-refractivity contribution is 6.31. The first-order chi connectivity index (χ1) is 6.97. The standard InChI is InChI=1S/C8H7ClN2O4/c1-10-8(13)5-2-4(9)3-6(7(5)12)11(14)15/h2-3,12H,1H3,(H,10,13). The number of nitrogens with one attached hydrogen (secondary N) is 1. The average molecular weight is 231 g/mol. The van der Waals surface area contributed by atoms with Gasteiger partial charge in [-0.25, -0.2) is 0 Å². The van der Waals surface area contributed by atoms with E-state index in [1.165, 1.54) is 7.05 Å². The molecule has 1 aromatic carbocycles. The third-order valence-electron chi connectivity index (χ3n) is 1.72. The molecule has 0 aliphatic rings. The third-order valence-corrected chi connectivity index (χ3v) is 1.94. The average Bonchev–Trinajstić information content (AvgIpc) is 2.19. The van der Waals surface area contributed by atoms with E-state index in [4.69, 9.17) is 11.6 Å². The van der Waals surface area contributed by atoms with Crippen LogP contribution in [0.4, 0.5) is 5.69 Å². The van der Waals surface area contributed by atoms with Gasteiger partial charge < -0.3 is 10.4 Å². The summed E-state index contributed by atoms with van der Waals surface area (Å²) >= 11 is 5.57. The molecule has 2 N–H and O–H groups in total. The lowest BCUT2D eigenvalue weighted by Crippen LogP contribution is -2.18. The van der Waals surface area contributed by atoms with E-state index in [9.17, 15) is 20.0 Å². The summed E-state index contributed by atoms with van der Waals surface area (Å²) < 4.78 is 0. The lowest BCUT2D eigenvalue weighted by Gasteiger charge is -2.04. The molecular formula is C8H7ClN2O4. The van der Waals surface area contributed by atoms with Crippen LogP contribution in [0.5, 0.6) is 5.75 Å². The van der Waals surface area contributed by atoms with Crippen LogP contribution >= 0.6 is 11.6 Å². The van der Waals surface area contributed by atoms with Crippen molar-refractivity contribution in [2.24, 2.45) is 0 Å². The molecule has 0 aromatic heterocycles. The molecule has 80 valence electrons. The van der Waals surface area contributed by atoms with Gasteiger partial charge >= 0.3 is 5.69 Å². The van der Waals surface area contributed by atoms with Crippen LogP contribution in [0.25, 0.3) is 0 Å². The van der Waals surface area contributed by atoms with Crippen molar-refractivity contribution in [2.75, 3.05) is 7.05 Å². The zero-order valence-electron chi connectivity index (χ0n) is 7.65. The highest BCUT2D eigenvalue weighted by atomic mass is 35.5. The maximum atomic E-state index is 11.2. The second-order valence-corrected chi connectivity index (χ2v) is 3.09. The Kier molecular flexibility index (Phi) is 3.11. The molecule has 0 radical (unpaired) electrons. The minimum Gasteiger partial charge on any atom is -0.502 e. The van der Waals surface area contributed by atoms with Crippen LogP contribution in [0, 0.1) is 10.1 Å². The molecule has 0 bridgehead atoms. The molecule has 0 unspecified atom stereocenters. The van der Waals surface area contributed by atoms with Gasteiger partial charge in [0.15, 0.2) is 0 Å². The summed E-state index contributed by atoms with van der Waals surface area (Å²) in [5, 5.41) is 22.2. The van der Waals surface area contributed by atoms with Crippen LogP contribution in [-0.4, -0.2) is 23.0 Å². The fraction of sp³-hybridized carbons (Fsp3) is 0.125. The Balaban J connectivity index is 3.41. The summed E-state index contributed by atoms with van der Waals surface area (Å²) in [4.78, 5) is 20.9. The Morgan fingerprint density at radius 1 is 1.60 bits per heavy atom. The van der Waals surface area contributed by atoms with Crippen LogP contribution in [-0.2, 0) is 0 Å². The lowest BCUT2D eigenvalue weighted by molar-refractivity contribution is -0.385. The van der Waals surface area contributed by atoms with E-state index in [1.807, 2.05) is 0 Å². The number of nitro benzene ring substituents is 1. The normalized spacial score (nSPS) is 9.73. The minimum absolute atomic E-state index is 0.0121. The third kappa shape index (κ3) is 2.16. The van der Waals surface area contributed by atoms with E-state index in [1.54, 1.807) is 0 Å². The topological polar surface area (TPSA) is 92.5 Å². The molecule has 7 heteroatoms. The fourth-order valence-corrected chi connectivity index (χ4v) is 1.24. The van der Waals surface area contributed by atoms with Gasteiger partial charge in [-0.1, -0.05) is 11.6 Å². The first-order valence-corrected chi connectivity index (χ1v) is 4.24. The SMILES string of the molecule is CNC(=O)c1cc(Cl)cc([N+](=O)[O-])c1O. The first-order valence-electron chi connectivity index (χ1n) is 3.86. The van der Waals surface area contributed by atoms with Gasteiger partial charge in [0.05, 0.1) is 10.5 Å². The molecule has 0 spiro atoms. The lowest BCUT2D eigenvalue weighted by atomic mass is 10.1. The number of nitro groups is 1. The molecule has 0 aliphatic carbocycles. The van der Waals surface area contributed by atoms with Crippen molar-refractivity contribution >= 4 is 23.2 Å². The Morgan fingerprint density at radius 2 is 2.20 bits per heavy atom. The van der Waals surface area contributed by atoms with Crippen molar-refractivity contribution in [3.63, 3.8) is 0 Å². The molecule has 1 aromatic rings. The van der Waals surface area contributed by atoms with Crippen LogP contribution in [0.15, 0.2) is 12.1 Å². The molecule has 6 nitrogen and oxygen atoms in total. The first kappa shape index (κ1) is 11.3. The van der Waals surface area contributed by atoms with E-state index >= 15 is 0 Å². The number of aromatic hydroxyl groups is 1. The number of hydrogen-bond donors (Lipinski definition) is 2.